The van der Waals surface area contributed by atoms with E-state index in [0.29, 0.717) is 17.2 Å². The quantitative estimate of drug-likeness (QED) is 0.775. The van der Waals surface area contributed by atoms with Gasteiger partial charge in [0.1, 0.15) is 22.9 Å². The van der Waals surface area contributed by atoms with Crippen LogP contribution in [0.15, 0.2) is 42.5 Å². The fourth-order valence-electron chi connectivity index (χ4n) is 2.22. The van der Waals surface area contributed by atoms with Crippen LogP contribution in [0, 0.1) is 6.92 Å². The number of aryl methyl sites for hydroxylation is 1. The lowest BCUT2D eigenvalue weighted by Crippen LogP contribution is -2.03. The van der Waals surface area contributed by atoms with Crippen LogP contribution in [0.3, 0.4) is 0 Å². The maximum absolute atomic E-state index is 10.0. The second-order valence-corrected chi connectivity index (χ2v) is 4.96. The Morgan fingerprint density at radius 1 is 1.14 bits per heavy atom. The van der Waals surface area contributed by atoms with Crippen molar-refractivity contribution in [3.8, 4) is 28.4 Å². The molecule has 0 aliphatic heterocycles. The summed E-state index contributed by atoms with van der Waals surface area (Å²) >= 11 is 0. The largest absolute Gasteiger partial charge is 0.506 e. The molecular formula is C16H16N4O2. The Bertz CT molecular complexity index is 810. The predicted molar refractivity (Wildman–Crippen MR) is 84.2 cm³/mol. The first-order valence-corrected chi connectivity index (χ1v) is 6.75. The average molecular weight is 296 g/mol. The Kier molecular flexibility index (Phi) is 3.42. The molecule has 0 saturated heterocycles. The molecule has 1 heterocycles. The van der Waals surface area contributed by atoms with E-state index in [-0.39, 0.29) is 5.75 Å². The first kappa shape index (κ1) is 13.9. The smallest absolute Gasteiger partial charge is 0.156 e. The number of phenols is 1. The number of aromatic hydroxyl groups is 1. The molecule has 3 N–H and O–H groups in total. The minimum absolute atomic E-state index is 0.100. The third kappa shape index (κ3) is 2.35. The molecule has 0 bridgehead atoms. The van der Waals surface area contributed by atoms with E-state index >= 15 is 0 Å². The van der Waals surface area contributed by atoms with Crippen LogP contribution in [-0.4, -0.2) is 27.2 Å². The van der Waals surface area contributed by atoms with E-state index in [1.54, 1.807) is 19.2 Å². The van der Waals surface area contributed by atoms with E-state index in [2.05, 4.69) is 10.3 Å². The number of nitrogen functional groups attached to an aromatic ring is 1. The molecule has 0 fully saturated rings. The summed E-state index contributed by atoms with van der Waals surface area (Å²) in [5.41, 5.74) is 9.04. The molecule has 3 aromatic rings. The second-order valence-electron chi connectivity index (χ2n) is 4.96. The van der Waals surface area contributed by atoms with E-state index in [1.165, 1.54) is 4.68 Å². The molecule has 6 nitrogen and oxygen atoms in total. The topological polar surface area (TPSA) is 86.2 Å². The standard InChI is InChI=1S/C16H16N4O2/c1-10-3-8-14(21)13(9-10)20-16(17)15(18-19-20)11-4-6-12(22-2)7-5-11/h3-9,21H,17H2,1-2H3. The minimum atomic E-state index is 0.100. The Balaban J connectivity index is 2.06. The molecule has 0 radical (unpaired) electrons. The molecule has 0 spiro atoms. The molecule has 22 heavy (non-hydrogen) atoms. The summed E-state index contributed by atoms with van der Waals surface area (Å²) in [6, 6.07) is 12.6. The van der Waals surface area contributed by atoms with E-state index in [0.717, 1.165) is 16.9 Å². The Morgan fingerprint density at radius 3 is 2.55 bits per heavy atom. The SMILES string of the molecule is COc1ccc(-c2nnn(-c3cc(C)ccc3O)c2N)cc1. The number of anilines is 1. The van der Waals surface area contributed by atoms with Gasteiger partial charge in [0.05, 0.1) is 7.11 Å². The fraction of sp³-hybridized carbons (Fsp3) is 0.125. The van der Waals surface area contributed by atoms with Crippen molar-refractivity contribution in [2.24, 2.45) is 0 Å². The van der Waals surface area contributed by atoms with Crippen molar-refractivity contribution in [1.82, 2.24) is 15.0 Å². The lowest BCUT2D eigenvalue weighted by Gasteiger charge is -2.07. The van der Waals surface area contributed by atoms with E-state index in [9.17, 15) is 5.11 Å². The van der Waals surface area contributed by atoms with Crippen LogP contribution in [0.4, 0.5) is 5.82 Å². The van der Waals surface area contributed by atoms with Gasteiger partial charge in [-0.2, -0.15) is 4.68 Å². The van der Waals surface area contributed by atoms with Gasteiger partial charge in [-0.25, -0.2) is 0 Å². The molecule has 1 aromatic heterocycles. The lowest BCUT2D eigenvalue weighted by molar-refractivity contribution is 0.415. The molecule has 2 aromatic carbocycles. The van der Waals surface area contributed by atoms with Crippen molar-refractivity contribution >= 4 is 5.82 Å². The Morgan fingerprint density at radius 2 is 1.86 bits per heavy atom. The molecule has 0 amide bonds. The van der Waals surface area contributed by atoms with E-state index < -0.39 is 0 Å². The second kappa shape index (κ2) is 5.40. The van der Waals surface area contributed by atoms with Gasteiger partial charge < -0.3 is 15.6 Å². The van der Waals surface area contributed by atoms with Crippen LogP contribution in [0.2, 0.25) is 0 Å². The van der Waals surface area contributed by atoms with Crippen LogP contribution in [0.5, 0.6) is 11.5 Å². The predicted octanol–water partition coefficient (Wildman–Crippen LogP) is 2.54. The number of phenolic OH excluding ortho intramolecular Hbond substituents is 1. The molecule has 0 unspecified atom stereocenters. The minimum Gasteiger partial charge on any atom is -0.506 e. The third-order valence-electron chi connectivity index (χ3n) is 3.43. The highest BCUT2D eigenvalue weighted by Gasteiger charge is 2.15. The average Bonchev–Trinajstić information content (AvgIpc) is 2.91. The molecule has 0 aliphatic rings. The van der Waals surface area contributed by atoms with Gasteiger partial charge in [0, 0.05) is 5.56 Å². The number of nitrogens with two attached hydrogens (primary N) is 1. The Labute approximate surface area is 127 Å². The normalized spacial score (nSPS) is 10.6. The molecular weight excluding hydrogens is 280 g/mol. The zero-order valence-electron chi connectivity index (χ0n) is 12.3. The third-order valence-corrected chi connectivity index (χ3v) is 3.43. The maximum atomic E-state index is 10.0. The first-order valence-electron chi connectivity index (χ1n) is 6.75. The summed E-state index contributed by atoms with van der Waals surface area (Å²) in [4.78, 5) is 0. The van der Waals surface area contributed by atoms with Crippen molar-refractivity contribution in [3.63, 3.8) is 0 Å². The summed E-state index contributed by atoms with van der Waals surface area (Å²) in [5.74, 6) is 1.22. The van der Waals surface area contributed by atoms with Crippen LogP contribution in [-0.2, 0) is 0 Å². The number of benzene rings is 2. The van der Waals surface area contributed by atoms with Gasteiger partial charge in [0.2, 0.25) is 0 Å². The van der Waals surface area contributed by atoms with Crippen molar-refractivity contribution in [2.45, 2.75) is 6.92 Å². The highest BCUT2D eigenvalue weighted by molar-refractivity contribution is 5.72. The van der Waals surface area contributed by atoms with Crippen molar-refractivity contribution in [3.05, 3.63) is 48.0 Å². The van der Waals surface area contributed by atoms with Crippen molar-refractivity contribution in [2.75, 3.05) is 12.8 Å². The summed E-state index contributed by atoms with van der Waals surface area (Å²) in [6.07, 6.45) is 0. The zero-order valence-corrected chi connectivity index (χ0v) is 12.3. The van der Waals surface area contributed by atoms with Crippen LogP contribution in [0.1, 0.15) is 5.56 Å². The number of methoxy groups -OCH3 is 1. The molecule has 0 aliphatic carbocycles. The van der Waals surface area contributed by atoms with E-state index in [4.69, 9.17) is 10.5 Å². The van der Waals surface area contributed by atoms with Gasteiger partial charge in [-0.1, -0.05) is 11.3 Å². The van der Waals surface area contributed by atoms with Gasteiger partial charge in [-0.3, -0.25) is 0 Å². The molecule has 0 saturated carbocycles. The van der Waals surface area contributed by atoms with Gasteiger partial charge in [0.25, 0.3) is 0 Å². The number of nitrogens with zero attached hydrogens (tertiary/aromatic N) is 3. The van der Waals surface area contributed by atoms with E-state index in [1.807, 2.05) is 37.3 Å². The first-order chi connectivity index (χ1) is 10.6. The van der Waals surface area contributed by atoms with Gasteiger partial charge >= 0.3 is 0 Å². The highest BCUT2D eigenvalue weighted by Crippen LogP contribution is 2.30. The lowest BCUT2D eigenvalue weighted by atomic mass is 10.1. The summed E-state index contributed by atoms with van der Waals surface area (Å²) < 4.78 is 6.57. The number of rotatable bonds is 3. The Hall–Kier alpha value is -3.02. The van der Waals surface area contributed by atoms with Crippen LogP contribution in [0.25, 0.3) is 16.9 Å². The number of hydrogen-bond acceptors (Lipinski definition) is 5. The van der Waals surface area contributed by atoms with Crippen LogP contribution >= 0.6 is 0 Å². The van der Waals surface area contributed by atoms with Gasteiger partial charge in [-0.15, -0.1) is 5.10 Å². The van der Waals surface area contributed by atoms with Crippen molar-refractivity contribution in [1.29, 1.82) is 0 Å². The fourth-order valence-corrected chi connectivity index (χ4v) is 2.22. The highest BCUT2D eigenvalue weighted by atomic mass is 16.5. The van der Waals surface area contributed by atoms with Crippen molar-refractivity contribution < 1.29 is 9.84 Å². The molecule has 112 valence electrons. The van der Waals surface area contributed by atoms with Gasteiger partial charge in [-0.05, 0) is 48.9 Å². The maximum Gasteiger partial charge on any atom is 0.156 e. The summed E-state index contributed by atoms with van der Waals surface area (Å²) in [5, 5.41) is 18.2. The summed E-state index contributed by atoms with van der Waals surface area (Å²) in [6.45, 7) is 1.93. The molecule has 6 heteroatoms. The zero-order chi connectivity index (χ0) is 15.7. The molecule has 3 rings (SSSR count). The number of aromatic nitrogens is 3. The molecule has 0 atom stereocenters. The van der Waals surface area contributed by atoms with Gasteiger partial charge in [0.15, 0.2) is 5.82 Å². The number of hydrogen-bond donors (Lipinski definition) is 2. The summed E-state index contributed by atoms with van der Waals surface area (Å²) in [7, 11) is 1.61. The monoisotopic (exact) mass is 296 g/mol. The number of ether oxygens (including phenoxy) is 1. The van der Waals surface area contributed by atoms with Crippen LogP contribution < -0.4 is 10.5 Å².